The fourth-order valence-corrected chi connectivity index (χ4v) is 4.95. The quantitative estimate of drug-likeness (QED) is 0.518. The zero-order valence-electron chi connectivity index (χ0n) is 16.8. The lowest BCUT2D eigenvalue weighted by Gasteiger charge is -2.38. The summed E-state index contributed by atoms with van der Waals surface area (Å²) >= 11 is 1.29. The standard InChI is InChI=1S/C21H22N6O2S/c1-12-4-7-26(21(29)24-18-9-13(2)25-30-18)11-16(12)27-8-5-17(28)15-10-23-20-14(19(15)27)3-6-22-20/h3,5-6,8-10,12,16H,4,7,11H2,1-2H3,(H,22,23)(H,24,29)/p+1. The number of anilines is 1. The number of fused-ring (bicyclic) bond motifs is 3. The number of nitrogens with one attached hydrogen (secondary N) is 3. The summed E-state index contributed by atoms with van der Waals surface area (Å²) < 4.78 is 6.39. The third kappa shape index (κ3) is 3.15. The summed E-state index contributed by atoms with van der Waals surface area (Å²) in [6.45, 7) is 5.39. The second-order valence-electron chi connectivity index (χ2n) is 7.95. The Bertz CT molecular complexity index is 1310. The first-order valence-corrected chi connectivity index (χ1v) is 10.8. The molecule has 2 unspecified atom stereocenters. The molecule has 0 bridgehead atoms. The Morgan fingerprint density at radius 3 is 3.03 bits per heavy atom. The van der Waals surface area contributed by atoms with E-state index >= 15 is 0 Å². The van der Waals surface area contributed by atoms with Crippen molar-refractivity contribution in [2.24, 2.45) is 5.92 Å². The van der Waals surface area contributed by atoms with E-state index in [2.05, 4.69) is 31.1 Å². The van der Waals surface area contributed by atoms with Crippen LogP contribution in [-0.2, 0) is 0 Å². The maximum Gasteiger partial charge on any atom is 0.322 e. The van der Waals surface area contributed by atoms with E-state index in [1.165, 1.54) is 11.5 Å². The van der Waals surface area contributed by atoms with Crippen LogP contribution in [0.1, 0.15) is 25.1 Å². The molecule has 0 aromatic carbocycles. The summed E-state index contributed by atoms with van der Waals surface area (Å²) in [6, 6.07) is 5.42. The molecule has 0 aliphatic carbocycles. The number of hydrogen-bond donors (Lipinski definition) is 2. The lowest BCUT2D eigenvalue weighted by atomic mass is 9.92. The number of carbonyl (C=O) groups excluding carboxylic acids is 1. The van der Waals surface area contributed by atoms with Gasteiger partial charge in [-0.1, -0.05) is 6.92 Å². The first-order valence-electron chi connectivity index (χ1n) is 10.0. The molecule has 5 rings (SSSR count). The number of carbonyl (C=O) groups is 1. The highest BCUT2D eigenvalue weighted by atomic mass is 32.1. The third-order valence-electron chi connectivity index (χ3n) is 5.95. The number of aromatic nitrogens is 4. The Balaban J connectivity index is 1.52. The van der Waals surface area contributed by atoms with Crippen molar-refractivity contribution in [3.8, 4) is 0 Å². The molecular weight excluding hydrogens is 400 g/mol. The van der Waals surface area contributed by atoms with Crippen LogP contribution in [0.25, 0.3) is 21.9 Å². The van der Waals surface area contributed by atoms with E-state index in [-0.39, 0.29) is 17.5 Å². The molecule has 1 aliphatic heterocycles. The molecule has 1 fully saturated rings. The van der Waals surface area contributed by atoms with Gasteiger partial charge in [-0.15, -0.1) is 0 Å². The normalized spacial score (nSPS) is 19.5. The number of hydrogen-bond acceptors (Lipinski definition) is 4. The molecule has 3 N–H and O–H groups in total. The molecule has 2 amide bonds. The second kappa shape index (κ2) is 7.24. The smallest absolute Gasteiger partial charge is 0.322 e. The molecule has 0 saturated carbocycles. The number of piperidine rings is 1. The average Bonchev–Trinajstić information content (AvgIpc) is 3.37. The summed E-state index contributed by atoms with van der Waals surface area (Å²) in [6.07, 6.45) is 6.38. The van der Waals surface area contributed by atoms with Gasteiger partial charge < -0.3 is 9.47 Å². The first kappa shape index (κ1) is 18.8. The van der Waals surface area contributed by atoms with E-state index in [0.717, 1.165) is 33.7 Å². The number of rotatable bonds is 2. The molecule has 5 heterocycles. The Labute approximate surface area is 176 Å². The Kier molecular flexibility index (Phi) is 4.54. The first-order chi connectivity index (χ1) is 14.5. The number of aryl methyl sites for hydroxylation is 1. The number of urea groups is 1. The van der Waals surface area contributed by atoms with Gasteiger partial charge in [0.1, 0.15) is 11.2 Å². The van der Waals surface area contributed by atoms with Gasteiger partial charge in [-0.05, 0) is 42.9 Å². The van der Waals surface area contributed by atoms with Crippen LogP contribution in [0.2, 0.25) is 0 Å². The predicted molar refractivity (Wildman–Crippen MR) is 117 cm³/mol. The van der Waals surface area contributed by atoms with Gasteiger partial charge in [0, 0.05) is 25.4 Å². The summed E-state index contributed by atoms with van der Waals surface area (Å²) in [5.41, 5.74) is 2.65. The predicted octanol–water partition coefficient (Wildman–Crippen LogP) is 3.18. The monoisotopic (exact) mass is 423 g/mol. The van der Waals surface area contributed by atoms with Crippen LogP contribution in [-0.4, -0.2) is 37.9 Å². The molecule has 1 saturated heterocycles. The molecule has 9 heteroatoms. The summed E-state index contributed by atoms with van der Waals surface area (Å²) in [5.74, 6) is 0.364. The Hall–Kier alpha value is -3.20. The highest BCUT2D eigenvalue weighted by molar-refractivity contribution is 7.10. The van der Waals surface area contributed by atoms with Gasteiger partial charge in [0.25, 0.3) is 5.65 Å². The molecule has 154 valence electrons. The number of aromatic amines is 2. The largest absolute Gasteiger partial charge is 0.341 e. The Morgan fingerprint density at radius 2 is 2.23 bits per heavy atom. The van der Waals surface area contributed by atoms with E-state index in [4.69, 9.17) is 0 Å². The number of likely N-dealkylation sites (tertiary alicyclic amines) is 1. The number of H-pyrrole nitrogens is 2. The fraction of sp³-hybridized carbons (Fsp3) is 0.333. The van der Waals surface area contributed by atoms with Crippen LogP contribution in [0.5, 0.6) is 0 Å². The van der Waals surface area contributed by atoms with Crippen molar-refractivity contribution in [2.75, 3.05) is 18.4 Å². The molecule has 1 aliphatic rings. The molecule has 2 atom stereocenters. The van der Waals surface area contributed by atoms with Gasteiger partial charge >= 0.3 is 6.03 Å². The van der Waals surface area contributed by atoms with Crippen molar-refractivity contribution in [2.45, 2.75) is 26.3 Å². The van der Waals surface area contributed by atoms with Crippen molar-refractivity contribution < 1.29 is 9.78 Å². The molecule has 4 aromatic heterocycles. The van der Waals surface area contributed by atoms with Crippen molar-refractivity contribution in [3.05, 3.63) is 52.7 Å². The summed E-state index contributed by atoms with van der Waals surface area (Å²) in [4.78, 5) is 33.6. The number of nitrogens with zero attached hydrogens (tertiary/aromatic N) is 3. The van der Waals surface area contributed by atoms with Crippen molar-refractivity contribution in [3.63, 3.8) is 0 Å². The van der Waals surface area contributed by atoms with Gasteiger partial charge in [0.05, 0.1) is 34.2 Å². The fourth-order valence-electron chi connectivity index (χ4n) is 4.30. The highest BCUT2D eigenvalue weighted by Crippen LogP contribution is 2.32. The number of pyridine rings is 2. The topological polar surface area (TPSA) is 97.2 Å². The third-order valence-corrected chi connectivity index (χ3v) is 6.75. The molecule has 30 heavy (non-hydrogen) atoms. The van der Waals surface area contributed by atoms with Crippen LogP contribution in [0.3, 0.4) is 0 Å². The van der Waals surface area contributed by atoms with Crippen LogP contribution >= 0.6 is 11.5 Å². The minimum absolute atomic E-state index is 0.0146. The number of amides is 2. The average molecular weight is 424 g/mol. The van der Waals surface area contributed by atoms with E-state index < -0.39 is 0 Å². The van der Waals surface area contributed by atoms with E-state index in [1.54, 1.807) is 12.3 Å². The van der Waals surface area contributed by atoms with Crippen molar-refractivity contribution in [1.82, 2.24) is 18.8 Å². The minimum atomic E-state index is -0.110. The zero-order chi connectivity index (χ0) is 20.8. The molecule has 0 radical (unpaired) electrons. The van der Waals surface area contributed by atoms with Gasteiger partial charge in [0.15, 0.2) is 5.43 Å². The molecule has 0 spiro atoms. The van der Waals surface area contributed by atoms with Gasteiger partial charge in [-0.3, -0.25) is 10.1 Å². The molecule has 8 nitrogen and oxygen atoms in total. The van der Waals surface area contributed by atoms with Crippen molar-refractivity contribution in [1.29, 1.82) is 0 Å². The Morgan fingerprint density at radius 1 is 1.37 bits per heavy atom. The van der Waals surface area contributed by atoms with Gasteiger partial charge in [0.2, 0.25) is 0 Å². The van der Waals surface area contributed by atoms with E-state index in [9.17, 15) is 9.59 Å². The zero-order valence-corrected chi connectivity index (χ0v) is 17.6. The van der Waals surface area contributed by atoms with Crippen LogP contribution in [0.4, 0.5) is 9.80 Å². The van der Waals surface area contributed by atoms with Crippen LogP contribution in [0.15, 0.2) is 41.6 Å². The van der Waals surface area contributed by atoms with Crippen molar-refractivity contribution >= 4 is 44.5 Å². The summed E-state index contributed by atoms with van der Waals surface area (Å²) in [5, 5.41) is 5.34. The second-order valence-corrected chi connectivity index (χ2v) is 8.75. The minimum Gasteiger partial charge on any atom is -0.341 e. The van der Waals surface area contributed by atoms with Gasteiger partial charge in [-0.2, -0.15) is 4.37 Å². The highest BCUT2D eigenvalue weighted by Gasteiger charge is 2.31. The van der Waals surface area contributed by atoms with E-state index in [1.807, 2.05) is 36.4 Å². The lowest BCUT2D eigenvalue weighted by molar-refractivity contribution is -0.345. The maximum atomic E-state index is 12.9. The van der Waals surface area contributed by atoms with Gasteiger partial charge in [-0.25, -0.2) is 14.8 Å². The maximum absolute atomic E-state index is 12.9. The van der Waals surface area contributed by atoms with Crippen LogP contribution in [0, 0.1) is 12.8 Å². The van der Waals surface area contributed by atoms with E-state index in [0.29, 0.717) is 24.4 Å². The lowest BCUT2D eigenvalue weighted by Crippen LogP contribution is -2.45. The van der Waals surface area contributed by atoms with Crippen LogP contribution < -0.4 is 15.7 Å². The molecule has 4 aromatic rings. The SMILES string of the molecule is Cc1cc(NC(=O)N2CCC(C)C(n3ccc(=O)c4c[nH+]c5[nH]ccc5c43)C2)sn1. The molecular formula is C21H23N6O2S+. The summed E-state index contributed by atoms with van der Waals surface area (Å²) in [7, 11) is 0.